The van der Waals surface area contributed by atoms with Crippen molar-refractivity contribution in [3.05, 3.63) is 40.1 Å². The van der Waals surface area contributed by atoms with Crippen molar-refractivity contribution in [3.63, 3.8) is 0 Å². The highest BCUT2D eigenvalue weighted by atomic mass is 79.9. The van der Waals surface area contributed by atoms with Crippen molar-refractivity contribution in [3.8, 4) is 0 Å². The molecule has 0 aliphatic carbocycles. The fourth-order valence-corrected chi connectivity index (χ4v) is 6.60. The molecule has 1 atom stereocenters. The second-order valence-corrected chi connectivity index (χ2v) is 11.0. The van der Waals surface area contributed by atoms with Gasteiger partial charge in [-0.1, -0.05) is 0 Å². The third-order valence-corrected chi connectivity index (χ3v) is 8.32. The van der Waals surface area contributed by atoms with Crippen LogP contribution >= 0.6 is 27.3 Å². The molecule has 0 saturated carbocycles. The fourth-order valence-electron chi connectivity index (χ4n) is 2.91. The van der Waals surface area contributed by atoms with E-state index in [2.05, 4.69) is 26.6 Å². The van der Waals surface area contributed by atoms with Gasteiger partial charge in [-0.15, -0.1) is 11.3 Å². The predicted molar refractivity (Wildman–Crippen MR) is 107 cm³/mol. The van der Waals surface area contributed by atoms with Crippen LogP contribution in [0.3, 0.4) is 0 Å². The largest absolute Gasteiger partial charge is 0.467 e. The minimum absolute atomic E-state index is 0.109. The van der Waals surface area contributed by atoms with Gasteiger partial charge >= 0.3 is 0 Å². The molecular formula is C17H20BrN3O5S2. The van der Waals surface area contributed by atoms with Crippen molar-refractivity contribution in [2.75, 3.05) is 19.6 Å². The summed E-state index contributed by atoms with van der Waals surface area (Å²) in [6, 6.07) is 6.70. The maximum Gasteiger partial charge on any atom is 0.252 e. The summed E-state index contributed by atoms with van der Waals surface area (Å²) in [5.41, 5.74) is 0. The van der Waals surface area contributed by atoms with Gasteiger partial charge in [0.15, 0.2) is 0 Å². The lowest BCUT2D eigenvalue weighted by Crippen LogP contribution is -2.47. The van der Waals surface area contributed by atoms with E-state index in [1.54, 1.807) is 24.3 Å². The van der Waals surface area contributed by atoms with Crippen LogP contribution in [0.25, 0.3) is 0 Å². The maximum atomic E-state index is 12.7. The van der Waals surface area contributed by atoms with E-state index in [0.29, 0.717) is 25.1 Å². The number of piperidine rings is 1. The van der Waals surface area contributed by atoms with Crippen molar-refractivity contribution in [1.29, 1.82) is 0 Å². The Balaban J connectivity index is 1.50. The van der Waals surface area contributed by atoms with E-state index in [1.807, 2.05) is 0 Å². The SMILES string of the molecule is O=C(CNC(=O)C1CCCN(S(=O)(=O)c2ccc(Br)s2)C1)NCc1ccco1. The molecule has 3 heterocycles. The standard InChI is InChI=1S/C17H20BrN3O5S2/c18-14-5-6-16(27-14)28(24,25)21-7-1-3-12(11-21)17(23)20-10-15(22)19-9-13-4-2-8-26-13/h2,4-6,8,12H,1,3,7,9-11H2,(H,19,22)(H,20,23). The Bertz CT molecular complexity index is 927. The van der Waals surface area contributed by atoms with Gasteiger partial charge < -0.3 is 15.1 Å². The number of nitrogens with one attached hydrogen (secondary N) is 2. The second-order valence-electron chi connectivity index (χ2n) is 6.33. The first-order valence-electron chi connectivity index (χ1n) is 8.68. The molecule has 0 radical (unpaired) electrons. The number of sulfonamides is 1. The fraction of sp³-hybridized carbons (Fsp3) is 0.412. The number of amides is 2. The van der Waals surface area contributed by atoms with Crippen LogP contribution in [0.15, 0.2) is 42.9 Å². The van der Waals surface area contributed by atoms with E-state index in [0.717, 1.165) is 15.1 Å². The zero-order valence-electron chi connectivity index (χ0n) is 14.9. The number of halogens is 1. The molecule has 8 nitrogen and oxygen atoms in total. The van der Waals surface area contributed by atoms with Crippen LogP contribution in [0.1, 0.15) is 18.6 Å². The molecule has 2 aromatic heterocycles. The molecule has 0 aromatic carbocycles. The van der Waals surface area contributed by atoms with Gasteiger partial charge in [0.05, 0.1) is 29.1 Å². The number of furan rings is 1. The van der Waals surface area contributed by atoms with E-state index in [4.69, 9.17) is 4.42 Å². The summed E-state index contributed by atoms with van der Waals surface area (Å²) in [5, 5.41) is 5.23. The molecule has 1 fully saturated rings. The van der Waals surface area contributed by atoms with Gasteiger partial charge in [0.2, 0.25) is 11.8 Å². The van der Waals surface area contributed by atoms with Crippen molar-refractivity contribution in [2.24, 2.45) is 5.92 Å². The summed E-state index contributed by atoms with van der Waals surface area (Å²) in [7, 11) is -3.62. The van der Waals surface area contributed by atoms with Crippen LogP contribution in [-0.2, 0) is 26.2 Å². The first-order valence-corrected chi connectivity index (χ1v) is 11.7. The number of thiophene rings is 1. The molecule has 0 spiro atoms. The zero-order chi connectivity index (χ0) is 20.1. The molecule has 1 saturated heterocycles. The molecule has 1 aliphatic rings. The monoisotopic (exact) mass is 489 g/mol. The summed E-state index contributed by atoms with van der Waals surface area (Å²) in [5.74, 6) is -0.522. The number of carbonyl (C=O) groups excluding carboxylic acids is 2. The van der Waals surface area contributed by atoms with Gasteiger partial charge in [0, 0.05) is 13.1 Å². The Morgan fingerprint density at radius 3 is 2.79 bits per heavy atom. The average Bonchev–Trinajstić information content (AvgIpc) is 3.36. The summed E-state index contributed by atoms with van der Waals surface area (Å²) in [4.78, 5) is 24.3. The van der Waals surface area contributed by atoms with Crippen LogP contribution < -0.4 is 10.6 Å². The third kappa shape index (κ3) is 5.22. The Morgan fingerprint density at radius 1 is 1.29 bits per heavy atom. The summed E-state index contributed by atoms with van der Waals surface area (Å²) < 4.78 is 32.9. The normalized spacial score (nSPS) is 18.0. The zero-order valence-corrected chi connectivity index (χ0v) is 18.1. The first-order chi connectivity index (χ1) is 13.4. The minimum atomic E-state index is -3.62. The number of carbonyl (C=O) groups is 2. The van der Waals surface area contributed by atoms with Crippen LogP contribution in [-0.4, -0.2) is 44.2 Å². The van der Waals surface area contributed by atoms with E-state index < -0.39 is 15.9 Å². The number of hydrogen-bond donors (Lipinski definition) is 2. The highest BCUT2D eigenvalue weighted by Gasteiger charge is 2.34. The maximum absolute atomic E-state index is 12.7. The van der Waals surface area contributed by atoms with E-state index in [1.165, 1.54) is 10.6 Å². The lowest BCUT2D eigenvalue weighted by atomic mass is 9.99. The summed E-state index contributed by atoms with van der Waals surface area (Å²) >= 11 is 4.41. The molecule has 1 unspecified atom stereocenters. The predicted octanol–water partition coefficient (Wildman–Crippen LogP) is 1.94. The van der Waals surface area contributed by atoms with Gasteiger partial charge in [-0.2, -0.15) is 4.31 Å². The van der Waals surface area contributed by atoms with Crippen LogP contribution in [0, 0.1) is 5.92 Å². The molecule has 0 bridgehead atoms. The highest BCUT2D eigenvalue weighted by molar-refractivity contribution is 9.11. The molecule has 152 valence electrons. The van der Waals surface area contributed by atoms with Crippen molar-refractivity contribution >= 4 is 49.1 Å². The third-order valence-electron chi connectivity index (χ3n) is 4.36. The minimum Gasteiger partial charge on any atom is -0.467 e. The van der Waals surface area contributed by atoms with Gasteiger partial charge in [-0.25, -0.2) is 8.42 Å². The van der Waals surface area contributed by atoms with E-state index in [9.17, 15) is 18.0 Å². The molecule has 3 rings (SSSR count). The number of hydrogen-bond acceptors (Lipinski definition) is 6. The van der Waals surface area contributed by atoms with Crippen molar-refractivity contribution < 1.29 is 22.4 Å². The van der Waals surface area contributed by atoms with Gasteiger partial charge in [0.25, 0.3) is 10.0 Å². The molecular weight excluding hydrogens is 470 g/mol. The number of rotatable bonds is 7. The average molecular weight is 490 g/mol. The lowest BCUT2D eigenvalue weighted by molar-refractivity contribution is -0.129. The van der Waals surface area contributed by atoms with Crippen LogP contribution in [0.2, 0.25) is 0 Å². The molecule has 2 N–H and O–H groups in total. The Labute approximate surface area is 175 Å². The van der Waals surface area contributed by atoms with E-state index >= 15 is 0 Å². The van der Waals surface area contributed by atoms with Gasteiger partial charge in [-0.3, -0.25) is 9.59 Å². The summed E-state index contributed by atoms with van der Waals surface area (Å²) in [6.07, 6.45) is 2.69. The van der Waals surface area contributed by atoms with Gasteiger partial charge in [0.1, 0.15) is 9.97 Å². The highest BCUT2D eigenvalue weighted by Crippen LogP contribution is 2.30. The molecule has 2 aromatic rings. The second kappa shape index (κ2) is 9.21. The molecule has 28 heavy (non-hydrogen) atoms. The quantitative estimate of drug-likeness (QED) is 0.617. The van der Waals surface area contributed by atoms with E-state index in [-0.39, 0.29) is 35.7 Å². The Hall–Kier alpha value is -1.69. The van der Waals surface area contributed by atoms with Crippen molar-refractivity contribution in [2.45, 2.75) is 23.6 Å². The summed E-state index contributed by atoms with van der Waals surface area (Å²) in [6.45, 7) is 0.567. The Kier molecular flexibility index (Phi) is 6.91. The first kappa shape index (κ1) is 21.0. The molecule has 11 heteroatoms. The molecule has 1 aliphatic heterocycles. The molecule has 2 amide bonds. The smallest absolute Gasteiger partial charge is 0.252 e. The Morgan fingerprint density at radius 2 is 2.11 bits per heavy atom. The van der Waals surface area contributed by atoms with Crippen molar-refractivity contribution in [1.82, 2.24) is 14.9 Å². The topological polar surface area (TPSA) is 109 Å². The lowest BCUT2D eigenvalue weighted by Gasteiger charge is -2.30. The number of nitrogens with zero attached hydrogens (tertiary/aromatic N) is 1. The van der Waals surface area contributed by atoms with Crippen LogP contribution in [0.5, 0.6) is 0 Å². The van der Waals surface area contributed by atoms with Gasteiger partial charge in [-0.05, 0) is 53.0 Å². The van der Waals surface area contributed by atoms with Crippen LogP contribution in [0.4, 0.5) is 0 Å².